The fraction of sp³-hybridized carbons (Fsp3) is 0.500. The Morgan fingerprint density at radius 2 is 1.76 bits per heavy atom. The molecule has 1 aromatic carbocycles. The minimum absolute atomic E-state index is 0.0192. The number of aryl methyl sites for hydroxylation is 4. The van der Waals surface area contributed by atoms with Crippen molar-refractivity contribution in [3.05, 3.63) is 45.4 Å². The van der Waals surface area contributed by atoms with Gasteiger partial charge in [0.05, 0.1) is 5.69 Å². The quantitative estimate of drug-likeness (QED) is 0.570. The Bertz CT molecular complexity index is 1220. The SMILES string of the molecule is CCCn1c(N2CCN(C(=O)COc3c(C)cccc3C)CC2)nc2c(C)nn(C)c2c1=O. The zero-order valence-electron chi connectivity index (χ0n) is 20.1. The molecular formula is C24H32N6O3. The number of carbonyl (C=O) groups excluding carboxylic acids is 1. The van der Waals surface area contributed by atoms with Crippen molar-refractivity contribution in [1.82, 2.24) is 24.2 Å². The third-order valence-electron chi connectivity index (χ3n) is 6.20. The molecule has 2 aromatic heterocycles. The van der Waals surface area contributed by atoms with E-state index in [1.54, 1.807) is 16.3 Å². The van der Waals surface area contributed by atoms with Crippen molar-refractivity contribution in [2.75, 3.05) is 37.7 Å². The van der Waals surface area contributed by atoms with Gasteiger partial charge in [-0.2, -0.15) is 5.10 Å². The Morgan fingerprint density at radius 1 is 1.09 bits per heavy atom. The monoisotopic (exact) mass is 452 g/mol. The van der Waals surface area contributed by atoms with Gasteiger partial charge in [0.15, 0.2) is 12.1 Å². The van der Waals surface area contributed by atoms with Crippen LogP contribution in [-0.4, -0.2) is 62.9 Å². The smallest absolute Gasteiger partial charge is 0.281 e. The maximum atomic E-state index is 13.2. The first-order valence-corrected chi connectivity index (χ1v) is 11.5. The summed E-state index contributed by atoms with van der Waals surface area (Å²) in [4.78, 5) is 34.8. The van der Waals surface area contributed by atoms with Gasteiger partial charge in [0, 0.05) is 39.8 Å². The van der Waals surface area contributed by atoms with Crippen LogP contribution < -0.4 is 15.2 Å². The van der Waals surface area contributed by atoms with Crippen LogP contribution in [0.15, 0.2) is 23.0 Å². The van der Waals surface area contributed by atoms with Gasteiger partial charge in [-0.05, 0) is 38.3 Å². The normalized spacial score (nSPS) is 14.2. The molecule has 1 aliphatic heterocycles. The van der Waals surface area contributed by atoms with E-state index in [-0.39, 0.29) is 18.1 Å². The van der Waals surface area contributed by atoms with Crippen molar-refractivity contribution in [2.24, 2.45) is 7.05 Å². The molecule has 176 valence electrons. The first-order chi connectivity index (χ1) is 15.8. The number of piperazine rings is 1. The Labute approximate surface area is 193 Å². The largest absolute Gasteiger partial charge is 0.483 e. The van der Waals surface area contributed by atoms with Crippen molar-refractivity contribution in [3.63, 3.8) is 0 Å². The van der Waals surface area contributed by atoms with Gasteiger partial charge in [-0.3, -0.25) is 18.8 Å². The lowest BCUT2D eigenvalue weighted by Crippen LogP contribution is -2.51. The zero-order chi connectivity index (χ0) is 23.7. The summed E-state index contributed by atoms with van der Waals surface area (Å²) in [6.45, 7) is 10.8. The maximum Gasteiger partial charge on any atom is 0.281 e. The second-order valence-electron chi connectivity index (χ2n) is 8.65. The van der Waals surface area contributed by atoms with Crippen LogP contribution in [0.5, 0.6) is 5.75 Å². The van der Waals surface area contributed by atoms with Crippen LogP contribution in [0.2, 0.25) is 0 Å². The molecule has 33 heavy (non-hydrogen) atoms. The first kappa shape index (κ1) is 22.8. The van der Waals surface area contributed by atoms with Crippen LogP contribution in [0, 0.1) is 20.8 Å². The summed E-state index contributed by atoms with van der Waals surface area (Å²) in [5.74, 6) is 1.40. The summed E-state index contributed by atoms with van der Waals surface area (Å²) in [7, 11) is 1.78. The highest BCUT2D eigenvalue weighted by atomic mass is 16.5. The molecule has 1 aliphatic rings. The number of hydrogen-bond acceptors (Lipinski definition) is 6. The molecule has 3 heterocycles. The minimum atomic E-state index is -0.0690. The molecule has 1 saturated heterocycles. The second kappa shape index (κ2) is 9.25. The lowest BCUT2D eigenvalue weighted by atomic mass is 10.1. The van der Waals surface area contributed by atoms with Crippen LogP contribution in [0.4, 0.5) is 5.95 Å². The molecule has 4 rings (SSSR count). The van der Waals surface area contributed by atoms with Gasteiger partial charge < -0.3 is 14.5 Å². The Kier molecular flexibility index (Phi) is 6.40. The molecule has 9 heteroatoms. The van der Waals surface area contributed by atoms with E-state index in [4.69, 9.17) is 9.72 Å². The van der Waals surface area contributed by atoms with E-state index in [0.717, 1.165) is 29.0 Å². The van der Waals surface area contributed by atoms with E-state index in [1.165, 1.54) is 0 Å². The topological polar surface area (TPSA) is 85.5 Å². The van der Waals surface area contributed by atoms with Crippen molar-refractivity contribution < 1.29 is 9.53 Å². The van der Waals surface area contributed by atoms with Gasteiger partial charge >= 0.3 is 0 Å². The number of benzene rings is 1. The third kappa shape index (κ3) is 4.31. The second-order valence-corrected chi connectivity index (χ2v) is 8.65. The predicted octanol–water partition coefficient (Wildman–Crippen LogP) is 2.19. The number of ether oxygens (including phenoxy) is 1. The Morgan fingerprint density at radius 3 is 2.39 bits per heavy atom. The molecule has 0 spiro atoms. The summed E-state index contributed by atoms with van der Waals surface area (Å²) in [6, 6.07) is 5.94. The molecule has 3 aromatic rings. The lowest BCUT2D eigenvalue weighted by Gasteiger charge is -2.36. The van der Waals surface area contributed by atoms with E-state index in [9.17, 15) is 9.59 Å². The number of fused-ring (bicyclic) bond motifs is 1. The number of para-hydroxylation sites is 1. The molecule has 0 unspecified atom stereocenters. The van der Waals surface area contributed by atoms with Crippen molar-refractivity contribution in [1.29, 1.82) is 0 Å². The predicted molar refractivity (Wildman–Crippen MR) is 128 cm³/mol. The van der Waals surface area contributed by atoms with Gasteiger partial charge in [-0.25, -0.2) is 4.98 Å². The van der Waals surface area contributed by atoms with Crippen LogP contribution in [-0.2, 0) is 18.4 Å². The van der Waals surface area contributed by atoms with Crippen molar-refractivity contribution >= 4 is 22.9 Å². The number of carbonyl (C=O) groups is 1. The fourth-order valence-corrected chi connectivity index (χ4v) is 4.47. The zero-order valence-corrected chi connectivity index (χ0v) is 20.1. The molecule has 0 saturated carbocycles. The van der Waals surface area contributed by atoms with E-state index in [0.29, 0.717) is 49.7 Å². The van der Waals surface area contributed by atoms with Crippen molar-refractivity contribution in [2.45, 2.75) is 40.7 Å². The van der Waals surface area contributed by atoms with E-state index >= 15 is 0 Å². The first-order valence-electron chi connectivity index (χ1n) is 11.5. The standard InChI is InChI=1S/C24H32N6O3/c1-6-10-30-23(32)21-20(18(4)26-27(21)5)25-24(30)29-13-11-28(12-14-29)19(31)15-33-22-16(2)8-7-9-17(22)3/h7-9H,6,10-15H2,1-5H3. The van der Waals surface area contributed by atoms with E-state index in [2.05, 4.69) is 10.00 Å². The number of anilines is 1. The van der Waals surface area contributed by atoms with Gasteiger partial charge in [0.1, 0.15) is 11.3 Å². The van der Waals surface area contributed by atoms with E-state index < -0.39 is 0 Å². The highest BCUT2D eigenvalue weighted by Gasteiger charge is 2.26. The molecule has 1 amide bonds. The highest BCUT2D eigenvalue weighted by Crippen LogP contribution is 2.23. The fourth-order valence-electron chi connectivity index (χ4n) is 4.47. The van der Waals surface area contributed by atoms with Crippen molar-refractivity contribution in [3.8, 4) is 5.75 Å². The van der Waals surface area contributed by atoms with Crippen LogP contribution in [0.3, 0.4) is 0 Å². The van der Waals surface area contributed by atoms with Crippen LogP contribution >= 0.6 is 0 Å². The van der Waals surface area contributed by atoms with Gasteiger partial charge in [0.2, 0.25) is 5.95 Å². The van der Waals surface area contributed by atoms with Gasteiger partial charge in [-0.15, -0.1) is 0 Å². The molecule has 0 bridgehead atoms. The molecule has 1 fully saturated rings. The van der Waals surface area contributed by atoms with Crippen LogP contribution in [0.1, 0.15) is 30.2 Å². The number of aromatic nitrogens is 4. The number of nitrogens with zero attached hydrogens (tertiary/aromatic N) is 6. The molecule has 0 atom stereocenters. The molecule has 0 aliphatic carbocycles. The average molecular weight is 453 g/mol. The molecule has 0 radical (unpaired) electrons. The van der Waals surface area contributed by atoms with E-state index in [1.807, 2.05) is 50.8 Å². The summed E-state index contributed by atoms with van der Waals surface area (Å²) >= 11 is 0. The van der Waals surface area contributed by atoms with Gasteiger partial charge in [-0.1, -0.05) is 25.1 Å². The number of hydrogen-bond donors (Lipinski definition) is 0. The minimum Gasteiger partial charge on any atom is -0.483 e. The maximum absolute atomic E-state index is 13.2. The summed E-state index contributed by atoms with van der Waals surface area (Å²) in [6.07, 6.45) is 0.824. The number of rotatable bonds is 6. The van der Waals surface area contributed by atoms with Gasteiger partial charge in [0.25, 0.3) is 11.5 Å². The van der Waals surface area contributed by atoms with Crippen LogP contribution in [0.25, 0.3) is 11.0 Å². The Balaban J connectivity index is 1.48. The summed E-state index contributed by atoms with van der Waals surface area (Å²) < 4.78 is 9.21. The average Bonchev–Trinajstić information content (AvgIpc) is 3.08. The Hall–Kier alpha value is -3.36. The summed E-state index contributed by atoms with van der Waals surface area (Å²) in [5.41, 5.74) is 3.89. The molecule has 0 N–H and O–H groups in total. The number of amides is 1. The molecule has 9 nitrogen and oxygen atoms in total. The highest BCUT2D eigenvalue weighted by molar-refractivity contribution is 5.79. The lowest BCUT2D eigenvalue weighted by molar-refractivity contribution is -0.133. The summed E-state index contributed by atoms with van der Waals surface area (Å²) in [5, 5.41) is 4.39. The third-order valence-corrected chi connectivity index (χ3v) is 6.20. The molecular weight excluding hydrogens is 420 g/mol.